The number of hydrogen-bond donors (Lipinski definition) is 0. The molecule has 1 aliphatic rings. The zero-order chi connectivity index (χ0) is 13.4. The van der Waals surface area contributed by atoms with Crippen LogP contribution in [0.25, 0.3) is 22.0 Å². The molecule has 0 saturated heterocycles. The average Bonchev–Trinajstić information content (AvgIpc) is 2.53. The molecule has 0 radical (unpaired) electrons. The Morgan fingerprint density at radius 3 is 2.52 bits per heavy atom. The lowest BCUT2D eigenvalue weighted by Crippen LogP contribution is -2.07. The van der Waals surface area contributed by atoms with E-state index in [1.807, 2.05) is 11.8 Å². The Bertz CT molecular complexity index is 771. The van der Waals surface area contributed by atoms with Crippen molar-refractivity contribution in [3.05, 3.63) is 65.9 Å². The zero-order valence-corrected chi connectivity index (χ0v) is 13.2. The summed E-state index contributed by atoms with van der Waals surface area (Å²) >= 11 is 2.01. The van der Waals surface area contributed by atoms with Gasteiger partial charge in [-0.2, -0.15) is 11.8 Å². The molecule has 3 heteroatoms. The van der Waals surface area contributed by atoms with Gasteiger partial charge in [0.25, 0.3) is 0 Å². The number of fused-ring (bicyclic) bond motifs is 2. The van der Waals surface area contributed by atoms with Gasteiger partial charge in [0.05, 0.1) is 5.52 Å². The smallest absolute Gasteiger partial charge is 0.0711 e. The van der Waals surface area contributed by atoms with E-state index >= 15 is 0 Å². The van der Waals surface area contributed by atoms with E-state index < -0.39 is 0 Å². The molecule has 0 N–H and O–H groups in total. The predicted octanol–water partition coefficient (Wildman–Crippen LogP) is 5.11. The first-order valence-electron chi connectivity index (χ1n) is 6.97. The normalized spacial score (nSPS) is 13.5. The molecule has 3 aromatic rings. The van der Waals surface area contributed by atoms with Crippen LogP contribution in [0.15, 0.2) is 54.6 Å². The minimum absolute atomic E-state index is 0. The van der Waals surface area contributed by atoms with E-state index in [1.54, 1.807) is 0 Å². The maximum absolute atomic E-state index is 4.89. The summed E-state index contributed by atoms with van der Waals surface area (Å²) in [6.07, 6.45) is 1.09. The number of halogens is 1. The van der Waals surface area contributed by atoms with Crippen LogP contribution in [-0.2, 0) is 12.2 Å². The highest BCUT2D eigenvalue weighted by molar-refractivity contribution is 7.98. The lowest BCUT2D eigenvalue weighted by Gasteiger charge is -2.20. The lowest BCUT2D eigenvalue weighted by atomic mass is 9.94. The molecule has 0 spiro atoms. The Hall–Kier alpha value is -1.51. The fourth-order valence-electron chi connectivity index (χ4n) is 2.94. The number of thioether (sulfide) groups is 1. The van der Waals surface area contributed by atoms with Crippen molar-refractivity contribution < 1.29 is 0 Å². The van der Waals surface area contributed by atoms with E-state index in [2.05, 4.69) is 54.6 Å². The first-order chi connectivity index (χ1) is 9.93. The van der Waals surface area contributed by atoms with Gasteiger partial charge in [-0.3, -0.25) is 4.98 Å². The van der Waals surface area contributed by atoms with Gasteiger partial charge >= 0.3 is 0 Å². The van der Waals surface area contributed by atoms with Crippen LogP contribution < -0.4 is 0 Å². The number of pyridine rings is 1. The van der Waals surface area contributed by atoms with Crippen LogP contribution in [0.3, 0.4) is 0 Å². The molecule has 0 atom stereocenters. The first-order valence-corrected chi connectivity index (χ1v) is 8.12. The van der Waals surface area contributed by atoms with Crippen LogP contribution in [0.5, 0.6) is 0 Å². The van der Waals surface area contributed by atoms with Crippen molar-refractivity contribution in [2.24, 2.45) is 0 Å². The van der Waals surface area contributed by atoms with Gasteiger partial charge in [-0.25, -0.2) is 0 Å². The van der Waals surface area contributed by atoms with E-state index in [-0.39, 0.29) is 12.4 Å². The van der Waals surface area contributed by atoms with Crippen molar-refractivity contribution in [3.63, 3.8) is 0 Å². The molecule has 0 bridgehead atoms. The van der Waals surface area contributed by atoms with E-state index in [9.17, 15) is 0 Å². The molecule has 21 heavy (non-hydrogen) atoms. The molecule has 4 rings (SSSR count). The van der Waals surface area contributed by atoms with Crippen LogP contribution >= 0.6 is 24.2 Å². The second-order valence-electron chi connectivity index (χ2n) is 5.10. The zero-order valence-electron chi connectivity index (χ0n) is 11.6. The van der Waals surface area contributed by atoms with Crippen LogP contribution in [0.2, 0.25) is 0 Å². The second kappa shape index (κ2) is 6.08. The molecule has 106 valence electrons. The van der Waals surface area contributed by atoms with Gasteiger partial charge in [0, 0.05) is 16.8 Å². The molecular formula is C18H16ClNS. The van der Waals surface area contributed by atoms with Gasteiger partial charge in [-0.15, -0.1) is 12.4 Å². The topological polar surface area (TPSA) is 12.9 Å². The van der Waals surface area contributed by atoms with Crippen LogP contribution in [0.4, 0.5) is 0 Å². The SMILES string of the molecule is Cl.c1ccc(-c2c3c(nc4ccccc24)CCSC3)cc1. The van der Waals surface area contributed by atoms with Crippen molar-refractivity contribution in [2.45, 2.75) is 12.2 Å². The van der Waals surface area contributed by atoms with Gasteiger partial charge in [0.2, 0.25) is 0 Å². The van der Waals surface area contributed by atoms with Gasteiger partial charge in [-0.05, 0) is 34.9 Å². The monoisotopic (exact) mass is 313 g/mol. The number of nitrogens with zero attached hydrogens (tertiary/aromatic N) is 1. The van der Waals surface area contributed by atoms with Gasteiger partial charge < -0.3 is 0 Å². The summed E-state index contributed by atoms with van der Waals surface area (Å²) in [4.78, 5) is 4.89. The minimum atomic E-state index is 0. The third kappa shape index (κ3) is 2.54. The van der Waals surface area contributed by atoms with Gasteiger partial charge in [0.1, 0.15) is 0 Å². The Balaban J connectivity index is 0.00000132. The summed E-state index contributed by atoms with van der Waals surface area (Å²) in [6, 6.07) is 19.2. The van der Waals surface area contributed by atoms with Gasteiger partial charge in [0.15, 0.2) is 0 Å². The third-order valence-electron chi connectivity index (χ3n) is 3.87. The van der Waals surface area contributed by atoms with Crippen molar-refractivity contribution >= 4 is 35.1 Å². The fourth-order valence-corrected chi connectivity index (χ4v) is 3.94. The highest BCUT2D eigenvalue weighted by Crippen LogP contribution is 2.37. The van der Waals surface area contributed by atoms with Crippen LogP contribution in [-0.4, -0.2) is 10.7 Å². The molecule has 2 heterocycles. The summed E-state index contributed by atoms with van der Waals surface area (Å²) in [6.45, 7) is 0. The first kappa shape index (κ1) is 14.4. The molecular weight excluding hydrogens is 298 g/mol. The molecule has 0 fully saturated rings. The Labute approximate surface area is 135 Å². The third-order valence-corrected chi connectivity index (χ3v) is 4.86. The highest BCUT2D eigenvalue weighted by Gasteiger charge is 2.18. The van der Waals surface area contributed by atoms with Crippen molar-refractivity contribution in [1.29, 1.82) is 0 Å². The predicted molar refractivity (Wildman–Crippen MR) is 94.3 cm³/mol. The summed E-state index contributed by atoms with van der Waals surface area (Å²) < 4.78 is 0. The fraction of sp³-hybridized carbons (Fsp3) is 0.167. The van der Waals surface area contributed by atoms with Gasteiger partial charge in [-0.1, -0.05) is 48.5 Å². The maximum Gasteiger partial charge on any atom is 0.0711 e. The quantitative estimate of drug-likeness (QED) is 0.619. The Morgan fingerprint density at radius 2 is 1.67 bits per heavy atom. The largest absolute Gasteiger partial charge is 0.252 e. The molecule has 1 nitrogen and oxygen atoms in total. The second-order valence-corrected chi connectivity index (χ2v) is 6.20. The molecule has 1 aliphatic heterocycles. The number of hydrogen-bond acceptors (Lipinski definition) is 2. The van der Waals surface area contributed by atoms with Crippen molar-refractivity contribution in [3.8, 4) is 11.1 Å². The number of aryl methyl sites for hydroxylation is 1. The molecule has 0 unspecified atom stereocenters. The van der Waals surface area contributed by atoms with E-state index in [0.29, 0.717) is 0 Å². The molecule has 2 aromatic carbocycles. The molecule has 0 saturated carbocycles. The summed E-state index contributed by atoms with van der Waals surface area (Å²) in [5, 5.41) is 1.28. The van der Waals surface area contributed by atoms with Crippen LogP contribution in [0.1, 0.15) is 11.3 Å². The minimum Gasteiger partial charge on any atom is -0.252 e. The number of benzene rings is 2. The Morgan fingerprint density at radius 1 is 0.905 bits per heavy atom. The maximum atomic E-state index is 4.89. The van der Waals surface area contributed by atoms with Crippen molar-refractivity contribution in [2.75, 3.05) is 5.75 Å². The summed E-state index contributed by atoms with van der Waals surface area (Å²) in [5.41, 5.74) is 6.55. The van der Waals surface area contributed by atoms with Crippen molar-refractivity contribution in [1.82, 2.24) is 4.98 Å². The standard InChI is InChI=1S/C18H15NS.ClH/c1-2-6-13(7-3-1)18-14-8-4-5-9-16(14)19-17-10-11-20-12-15(17)18;/h1-9H,10-12H2;1H. The average molecular weight is 314 g/mol. The number of rotatable bonds is 1. The Kier molecular flexibility index (Phi) is 4.18. The van der Waals surface area contributed by atoms with Crippen LogP contribution in [0, 0.1) is 0 Å². The summed E-state index contributed by atoms with van der Waals surface area (Å²) in [5.74, 6) is 2.27. The summed E-state index contributed by atoms with van der Waals surface area (Å²) in [7, 11) is 0. The van der Waals surface area contributed by atoms with E-state index in [4.69, 9.17) is 4.98 Å². The molecule has 0 amide bonds. The van der Waals surface area contributed by atoms with E-state index in [1.165, 1.54) is 33.5 Å². The molecule has 1 aromatic heterocycles. The van der Waals surface area contributed by atoms with E-state index in [0.717, 1.165) is 17.7 Å². The number of aromatic nitrogens is 1. The lowest BCUT2D eigenvalue weighted by molar-refractivity contribution is 1.01. The number of para-hydroxylation sites is 1. The highest BCUT2D eigenvalue weighted by atomic mass is 35.5. The molecule has 0 aliphatic carbocycles.